The quantitative estimate of drug-likeness (QED) is 0.721. The van der Waals surface area contributed by atoms with Gasteiger partial charge in [-0.25, -0.2) is 0 Å². The van der Waals surface area contributed by atoms with Crippen LogP contribution in [0.25, 0.3) is 0 Å². The van der Waals surface area contributed by atoms with Gasteiger partial charge in [-0.1, -0.05) is 26.7 Å². The van der Waals surface area contributed by atoms with Crippen LogP contribution in [0.3, 0.4) is 0 Å². The highest BCUT2D eigenvalue weighted by atomic mass is 15.2. The first-order valence-electron chi connectivity index (χ1n) is 7.70. The average molecular weight is 255 g/mol. The maximum Gasteiger partial charge on any atom is 0.0360 e. The first kappa shape index (κ1) is 15.9. The molecule has 2 N–H and O–H groups in total. The monoisotopic (exact) mass is 255 g/mol. The average Bonchev–Trinajstić information content (AvgIpc) is 2.78. The van der Waals surface area contributed by atoms with Gasteiger partial charge in [0.05, 0.1) is 0 Å². The predicted molar refractivity (Wildman–Crippen MR) is 79.8 cm³/mol. The Bertz CT molecular complexity index is 230. The zero-order valence-corrected chi connectivity index (χ0v) is 12.9. The van der Waals surface area contributed by atoms with E-state index < -0.39 is 0 Å². The van der Waals surface area contributed by atoms with Crippen molar-refractivity contribution in [2.75, 3.05) is 40.3 Å². The van der Waals surface area contributed by atoms with Crippen LogP contribution in [0.2, 0.25) is 0 Å². The fourth-order valence-corrected chi connectivity index (χ4v) is 3.67. The van der Waals surface area contributed by atoms with E-state index in [4.69, 9.17) is 5.73 Å². The van der Waals surface area contributed by atoms with Crippen molar-refractivity contribution < 1.29 is 0 Å². The SMILES string of the molecule is CCCN(CCN(C)C)C1(CN)CCCC1CC. The molecule has 1 fully saturated rings. The molecule has 3 nitrogen and oxygen atoms in total. The molecule has 2 atom stereocenters. The zero-order valence-electron chi connectivity index (χ0n) is 12.9. The van der Waals surface area contributed by atoms with Gasteiger partial charge in [0.2, 0.25) is 0 Å². The van der Waals surface area contributed by atoms with Crippen LogP contribution < -0.4 is 5.73 Å². The summed E-state index contributed by atoms with van der Waals surface area (Å²) in [6.07, 6.45) is 6.54. The summed E-state index contributed by atoms with van der Waals surface area (Å²) >= 11 is 0. The lowest BCUT2D eigenvalue weighted by Gasteiger charge is -2.45. The summed E-state index contributed by atoms with van der Waals surface area (Å²) in [6, 6.07) is 0. The highest BCUT2D eigenvalue weighted by molar-refractivity contribution is 5.01. The van der Waals surface area contributed by atoms with Gasteiger partial charge in [-0.05, 0) is 45.8 Å². The topological polar surface area (TPSA) is 32.5 Å². The standard InChI is InChI=1S/C15H33N3/c1-5-10-18(12-11-17(3)4)15(13-16)9-7-8-14(15)6-2/h14H,5-13,16H2,1-4H3. The van der Waals surface area contributed by atoms with E-state index in [1.165, 1.54) is 38.6 Å². The molecule has 1 saturated carbocycles. The minimum atomic E-state index is 0.292. The van der Waals surface area contributed by atoms with Crippen LogP contribution in [-0.2, 0) is 0 Å². The molecule has 0 saturated heterocycles. The molecule has 0 aromatic carbocycles. The van der Waals surface area contributed by atoms with E-state index in [1.54, 1.807) is 0 Å². The third kappa shape index (κ3) is 3.46. The maximum absolute atomic E-state index is 6.22. The van der Waals surface area contributed by atoms with Crippen LogP contribution >= 0.6 is 0 Å². The first-order valence-corrected chi connectivity index (χ1v) is 7.70. The molecule has 0 aliphatic heterocycles. The molecule has 3 heteroatoms. The summed E-state index contributed by atoms with van der Waals surface area (Å²) in [4.78, 5) is 4.98. The summed E-state index contributed by atoms with van der Waals surface area (Å²) in [5.41, 5.74) is 6.51. The molecule has 0 aromatic rings. The molecule has 1 aliphatic carbocycles. The second kappa shape index (κ2) is 7.46. The number of hydrogen-bond donors (Lipinski definition) is 1. The van der Waals surface area contributed by atoms with Crippen molar-refractivity contribution in [3.8, 4) is 0 Å². The third-order valence-electron chi connectivity index (χ3n) is 4.71. The summed E-state index contributed by atoms with van der Waals surface area (Å²) in [6.45, 7) is 8.94. The van der Waals surface area contributed by atoms with Gasteiger partial charge in [-0.15, -0.1) is 0 Å². The number of nitrogens with zero attached hydrogens (tertiary/aromatic N) is 2. The molecule has 1 rings (SSSR count). The highest BCUT2D eigenvalue weighted by Gasteiger charge is 2.44. The van der Waals surface area contributed by atoms with Crippen molar-refractivity contribution >= 4 is 0 Å². The molecule has 0 amide bonds. The number of hydrogen-bond acceptors (Lipinski definition) is 3. The van der Waals surface area contributed by atoms with Crippen molar-refractivity contribution in [2.24, 2.45) is 11.7 Å². The van der Waals surface area contributed by atoms with Crippen LogP contribution in [0.4, 0.5) is 0 Å². The highest BCUT2D eigenvalue weighted by Crippen LogP contribution is 2.41. The summed E-state index contributed by atoms with van der Waals surface area (Å²) in [7, 11) is 4.32. The van der Waals surface area contributed by atoms with Gasteiger partial charge < -0.3 is 10.6 Å². The van der Waals surface area contributed by atoms with E-state index >= 15 is 0 Å². The van der Waals surface area contributed by atoms with E-state index in [0.717, 1.165) is 25.6 Å². The third-order valence-corrected chi connectivity index (χ3v) is 4.71. The second-order valence-electron chi connectivity index (χ2n) is 6.10. The molecule has 0 aromatic heterocycles. The van der Waals surface area contributed by atoms with Gasteiger partial charge in [0.1, 0.15) is 0 Å². The normalized spacial score (nSPS) is 28.5. The Morgan fingerprint density at radius 1 is 1.17 bits per heavy atom. The van der Waals surface area contributed by atoms with Crippen LogP contribution in [0.5, 0.6) is 0 Å². The molecule has 2 unspecified atom stereocenters. The molecular weight excluding hydrogens is 222 g/mol. The molecule has 0 heterocycles. The van der Waals surface area contributed by atoms with Crippen molar-refractivity contribution in [1.29, 1.82) is 0 Å². The van der Waals surface area contributed by atoms with Gasteiger partial charge in [0.15, 0.2) is 0 Å². The molecule has 108 valence electrons. The number of nitrogens with two attached hydrogens (primary N) is 1. The Balaban J connectivity index is 2.78. The van der Waals surface area contributed by atoms with Crippen LogP contribution in [0.1, 0.15) is 46.0 Å². The zero-order chi connectivity index (χ0) is 13.6. The van der Waals surface area contributed by atoms with E-state index in [1.807, 2.05) is 0 Å². The maximum atomic E-state index is 6.22. The van der Waals surface area contributed by atoms with Crippen molar-refractivity contribution in [3.63, 3.8) is 0 Å². The van der Waals surface area contributed by atoms with E-state index in [0.29, 0.717) is 5.54 Å². The predicted octanol–water partition coefficient (Wildman–Crippen LogP) is 2.17. The van der Waals surface area contributed by atoms with Crippen LogP contribution in [-0.4, -0.2) is 55.6 Å². The van der Waals surface area contributed by atoms with Crippen molar-refractivity contribution in [1.82, 2.24) is 9.80 Å². The number of rotatable bonds is 8. The lowest BCUT2D eigenvalue weighted by atomic mass is 9.83. The Morgan fingerprint density at radius 3 is 2.39 bits per heavy atom. The van der Waals surface area contributed by atoms with E-state index in [2.05, 4.69) is 37.7 Å². The molecule has 0 spiro atoms. The minimum Gasteiger partial charge on any atom is -0.329 e. The molecule has 0 radical (unpaired) electrons. The largest absolute Gasteiger partial charge is 0.329 e. The van der Waals surface area contributed by atoms with Crippen LogP contribution in [0, 0.1) is 5.92 Å². The van der Waals surface area contributed by atoms with Gasteiger partial charge in [-0.3, -0.25) is 4.90 Å². The minimum absolute atomic E-state index is 0.292. The Labute approximate surface area is 114 Å². The lowest BCUT2D eigenvalue weighted by Crippen LogP contribution is -2.57. The fraction of sp³-hybridized carbons (Fsp3) is 1.00. The smallest absolute Gasteiger partial charge is 0.0360 e. The molecule has 1 aliphatic rings. The van der Waals surface area contributed by atoms with Crippen molar-refractivity contribution in [2.45, 2.75) is 51.5 Å². The van der Waals surface area contributed by atoms with Gasteiger partial charge >= 0.3 is 0 Å². The van der Waals surface area contributed by atoms with E-state index in [9.17, 15) is 0 Å². The number of likely N-dealkylation sites (N-methyl/N-ethyl adjacent to an activating group) is 1. The first-order chi connectivity index (χ1) is 8.60. The lowest BCUT2D eigenvalue weighted by molar-refractivity contribution is 0.0496. The van der Waals surface area contributed by atoms with Gasteiger partial charge in [-0.2, -0.15) is 0 Å². The fourth-order valence-electron chi connectivity index (χ4n) is 3.67. The van der Waals surface area contributed by atoms with Crippen molar-refractivity contribution in [3.05, 3.63) is 0 Å². The summed E-state index contributed by atoms with van der Waals surface area (Å²) in [5, 5.41) is 0. The molecule has 0 bridgehead atoms. The van der Waals surface area contributed by atoms with E-state index in [-0.39, 0.29) is 0 Å². The molecule has 18 heavy (non-hydrogen) atoms. The van der Waals surface area contributed by atoms with Gasteiger partial charge in [0, 0.05) is 25.2 Å². The Kier molecular flexibility index (Phi) is 6.61. The van der Waals surface area contributed by atoms with Crippen LogP contribution in [0.15, 0.2) is 0 Å². The summed E-state index contributed by atoms with van der Waals surface area (Å²) in [5.74, 6) is 0.802. The van der Waals surface area contributed by atoms with Gasteiger partial charge in [0.25, 0.3) is 0 Å². The Hall–Kier alpha value is -0.120. The molecular formula is C15H33N3. The second-order valence-corrected chi connectivity index (χ2v) is 6.10. The summed E-state index contributed by atoms with van der Waals surface area (Å²) < 4.78 is 0. The Morgan fingerprint density at radius 2 is 1.89 bits per heavy atom.